The number of nitrogens with one attached hydrogen (secondary N) is 1. The van der Waals surface area contributed by atoms with Crippen molar-refractivity contribution in [1.82, 2.24) is 9.38 Å². The van der Waals surface area contributed by atoms with Crippen LogP contribution in [0.1, 0.15) is 37.7 Å². The highest BCUT2D eigenvalue weighted by molar-refractivity contribution is 5.78. The molecule has 7 nitrogen and oxygen atoms in total. The van der Waals surface area contributed by atoms with Crippen molar-refractivity contribution in [1.29, 1.82) is 0 Å². The van der Waals surface area contributed by atoms with Crippen LogP contribution in [-0.4, -0.2) is 35.6 Å². The number of pyridine rings is 1. The van der Waals surface area contributed by atoms with Crippen molar-refractivity contribution in [2.75, 3.05) is 25.1 Å². The standard InChI is InChI=1S/C18H23FN4O3/c1-9(20)11-5-6-22(7-11)14-12(19)8-23-15(16(14)26-2)13(10-3-4-10)17(24)21-18(23)25/h8-11H,3-7,20H2,1-2H3,(H,21,24,25)/t9-,11+/m1/s1. The second-order valence-corrected chi connectivity index (χ2v) is 7.38. The summed E-state index contributed by atoms with van der Waals surface area (Å²) in [6.45, 7) is 3.22. The number of ether oxygens (including phenoxy) is 1. The summed E-state index contributed by atoms with van der Waals surface area (Å²) in [7, 11) is 1.44. The first-order valence-corrected chi connectivity index (χ1v) is 8.98. The van der Waals surface area contributed by atoms with Crippen LogP contribution in [-0.2, 0) is 0 Å². The Kier molecular flexibility index (Phi) is 4.02. The molecule has 4 rings (SSSR count). The first-order chi connectivity index (χ1) is 12.4. The van der Waals surface area contributed by atoms with E-state index in [2.05, 4.69) is 4.98 Å². The molecule has 3 N–H and O–H groups in total. The molecule has 1 saturated heterocycles. The minimum atomic E-state index is -0.659. The Morgan fingerprint density at radius 3 is 2.65 bits per heavy atom. The number of hydrogen-bond acceptors (Lipinski definition) is 5. The van der Waals surface area contributed by atoms with Crippen molar-refractivity contribution in [2.24, 2.45) is 11.7 Å². The van der Waals surface area contributed by atoms with E-state index in [1.165, 1.54) is 7.11 Å². The number of aromatic amines is 1. The van der Waals surface area contributed by atoms with E-state index in [4.69, 9.17) is 10.5 Å². The van der Waals surface area contributed by atoms with Gasteiger partial charge in [0.2, 0.25) is 0 Å². The smallest absolute Gasteiger partial charge is 0.333 e. The number of hydrogen-bond donors (Lipinski definition) is 2. The van der Waals surface area contributed by atoms with Gasteiger partial charge in [-0.15, -0.1) is 0 Å². The third-order valence-electron chi connectivity index (χ3n) is 5.55. The quantitative estimate of drug-likeness (QED) is 0.852. The van der Waals surface area contributed by atoms with E-state index in [0.717, 1.165) is 29.9 Å². The SMILES string of the molecule is COc1c(N2CC[C@H]([C@@H](C)N)C2)c(F)cn2c(=O)[nH]c(=O)c(C3CC3)c12. The molecule has 1 saturated carbocycles. The fourth-order valence-corrected chi connectivity index (χ4v) is 3.97. The maximum Gasteiger partial charge on any atom is 0.333 e. The van der Waals surface area contributed by atoms with Gasteiger partial charge in [-0.25, -0.2) is 9.18 Å². The van der Waals surface area contributed by atoms with E-state index in [0.29, 0.717) is 29.9 Å². The third kappa shape index (κ3) is 2.59. The molecule has 8 heteroatoms. The van der Waals surface area contributed by atoms with Crippen molar-refractivity contribution < 1.29 is 9.13 Å². The maximum atomic E-state index is 15.0. The molecule has 3 heterocycles. The first-order valence-electron chi connectivity index (χ1n) is 8.98. The van der Waals surface area contributed by atoms with Gasteiger partial charge < -0.3 is 15.4 Å². The number of rotatable bonds is 4. The molecule has 0 radical (unpaired) electrons. The van der Waals surface area contributed by atoms with Crippen LogP contribution in [0, 0.1) is 11.7 Å². The highest BCUT2D eigenvalue weighted by Gasteiger charge is 2.34. The lowest BCUT2D eigenvalue weighted by Crippen LogP contribution is -2.32. The Bertz CT molecular complexity index is 977. The van der Waals surface area contributed by atoms with Crippen LogP contribution in [0.15, 0.2) is 15.8 Å². The Morgan fingerprint density at radius 1 is 1.35 bits per heavy atom. The van der Waals surface area contributed by atoms with Gasteiger partial charge in [-0.3, -0.25) is 14.2 Å². The minimum absolute atomic E-state index is 0.0157. The monoisotopic (exact) mass is 362 g/mol. The van der Waals surface area contributed by atoms with Gasteiger partial charge in [0.15, 0.2) is 11.6 Å². The second-order valence-electron chi connectivity index (χ2n) is 7.38. The molecule has 2 aromatic heterocycles. The number of halogens is 1. The summed E-state index contributed by atoms with van der Waals surface area (Å²) in [5, 5.41) is 0. The van der Waals surface area contributed by atoms with Crippen LogP contribution in [0.5, 0.6) is 5.75 Å². The first kappa shape index (κ1) is 17.1. The fraction of sp³-hybridized carbons (Fsp3) is 0.556. The number of aromatic nitrogens is 2. The van der Waals surface area contributed by atoms with Crippen LogP contribution >= 0.6 is 0 Å². The molecule has 0 aromatic carbocycles. The van der Waals surface area contributed by atoms with Crippen molar-refractivity contribution in [2.45, 2.75) is 38.1 Å². The zero-order valence-corrected chi connectivity index (χ0v) is 14.9. The number of fused-ring (bicyclic) bond motifs is 1. The van der Waals surface area contributed by atoms with Crippen LogP contribution in [0.3, 0.4) is 0 Å². The normalized spacial score (nSPS) is 21.4. The molecule has 2 fully saturated rings. The topological polar surface area (TPSA) is 92.8 Å². The maximum absolute atomic E-state index is 15.0. The fourth-order valence-electron chi connectivity index (χ4n) is 3.97. The Balaban J connectivity index is 1.97. The van der Waals surface area contributed by atoms with E-state index in [1.54, 1.807) is 0 Å². The van der Waals surface area contributed by atoms with E-state index < -0.39 is 17.1 Å². The molecular formula is C18H23FN4O3. The lowest BCUT2D eigenvalue weighted by atomic mass is 10.0. The average molecular weight is 362 g/mol. The number of nitrogens with zero attached hydrogens (tertiary/aromatic N) is 2. The van der Waals surface area contributed by atoms with Gasteiger partial charge in [-0.05, 0) is 38.0 Å². The van der Waals surface area contributed by atoms with Crippen molar-refractivity contribution in [3.05, 3.63) is 38.4 Å². The van der Waals surface area contributed by atoms with Crippen molar-refractivity contribution >= 4 is 11.2 Å². The molecule has 1 aliphatic carbocycles. The summed E-state index contributed by atoms with van der Waals surface area (Å²) in [6.07, 6.45) is 3.77. The zero-order valence-electron chi connectivity index (χ0n) is 14.9. The number of H-pyrrole nitrogens is 1. The van der Waals surface area contributed by atoms with Crippen molar-refractivity contribution in [3.8, 4) is 5.75 Å². The molecule has 1 aliphatic heterocycles. The van der Waals surface area contributed by atoms with Crippen LogP contribution in [0.2, 0.25) is 0 Å². The summed E-state index contributed by atoms with van der Waals surface area (Å²) in [4.78, 5) is 28.9. The predicted octanol–water partition coefficient (Wildman–Crippen LogP) is 1.19. The van der Waals surface area contributed by atoms with E-state index in [1.807, 2.05) is 11.8 Å². The molecule has 2 atom stereocenters. The molecule has 140 valence electrons. The molecule has 0 amide bonds. The number of methoxy groups -OCH3 is 1. The lowest BCUT2D eigenvalue weighted by molar-refractivity contribution is 0.412. The molecule has 0 bridgehead atoms. The Morgan fingerprint density at radius 2 is 2.08 bits per heavy atom. The highest BCUT2D eigenvalue weighted by Crippen LogP contribution is 2.45. The highest BCUT2D eigenvalue weighted by atomic mass is 19.1. The van der Waals surface area contributed by atoms with E-state index in [9.17, 15) is 14.0 Å². The summed E-state index contributed by atoms with van der Waals surface area (Å²) in [5.41, 5.74) is 6.13. The van der Waals surface area contributed by atoms with Crippen molar-refractivity contribution in [3.63, 3.8) is 0 Å². The molecule has 2 aromatic rings. The minimum Gasteiger partial charge on any atom is -0.492 e. The van der Waals surface area contributed by atoms with Crippen LogP contribution < -0.4 is 26.6 Å². The summed E-state index contributed by atoms with van der Waals surface area (Å²) in [6, 6.07) is 0.0157. The molecule has 0 unspecified atom stereocenters. The van der Waals surface area contributed by atoms with Gasteiger partial charge in [0.05, 0.1) is 13.3 Å². The van der Waals surface area contributed by atoms with E-state index >= 15 is 0 Å². The van der Waals surface area contributed by atoms with Gasteiger partial charge in [-0.1, -0.05) is 0 Å². The van der Waals surface area contributed by atoms with E-state index in [-0.39, 0.29) is 23.6 Å². The van der Waals surface area contributed by atoms with Crippen LogP contribution in [0.25, 0.3) is 5.52 Å². The molecular weight excluding hydrogens is 339 g/mol. The summed E-state index contributed by atoms with van der Waals surface area (Å²) in [5.74, 6) is 0.0487. The van der Waals surface area contributed by atoms with Gasteiger partial charge in [0.25, 0.3) is 5.56 Å². The largest absolute Gasteiger partial charge is 0.492 e. The predicted molar refractivity (Wildman–Crippen MR) is 96.7 cm³/mol. The third-order valence-corrected chi connectivity index (χ3v) is 5.55. The Labute approximate surface area is 149 Å². The second kappa shape index (κ2) is 6.12. The van der Waals surface area contributed by atoms with Gasteiger partial charge in [0.1, 0.15) is 11.2 Å². The molecule has 0 spiro atoms. The summed E-state index contributed by atoms with van der Waals surface area (Å²) < 4.78 is 21.7. The van der Waals surface area contributed by atoms with Crippen LogP contribution in [0.4, 0.5) is 10.1 Å². The lowest BCUT2D eigenvalue weighted by Gasteiger charge is -2.24. The molecule has 2 aliphatic rings. The Hall–Kier alpha value is -2.35. The summed E-state index contributed by atoms with van der Waals surface area (Å²) >= 11 is 0. The molecule has 26 heavy (non-hydrogen) atoms. The number of nitrogens with two attached hydrogens (primary N) is 1. The van der Waals surface area contributed by atoms with Gasteiger partial charge in [0, 0.05) is 24.7 Å². The average Bonchev–Trinajstić information content (AvgIpc) is 3.29. The van der Waals surface area contributed by atoms with Gasteiger partial charge in [-0.2, -0.15) is 0 Å². The number of anilines is 1. The zero-order chi connectivity index (χ0) is 18.6. The van der Waals surface area contributed by atoms with Gasteiger partial charge >= 0.3 is 5.69 Å².